The average molecular weight is 295 g/mol. The van der Waals surface area contributed by atoms with Gasteiger partial charge in [0.1, 0.15) is 0 Å². The van der Waals surface area contributed by atoms with Gasteiger partial charge in [-0.2, -0.15) is 0 Å². The number of nitrogens with zero attached hydrogens (tertiary/aromatic N) is 2. The minimum atomic E-state index is -1.04. The van der Waals surface area contributed by atoms with E-state index < -0.39 is 5.60 Å². The lowest BCUT2D eigenvalue weighted by Crippen LogP contribution is -2.58. The molecule has 0 aliphatic carbocycles. The second-order valence-corrected chi connectivity index (χ2v) is 5.66. The van der Waals surface area contributed by atoms with Gasteiger partial charge in [-0.1, -0.05) is 19.0 Å². The molecule has 7 heteroatoms. The number of hydrogen-bond acceptors (Lipinski definition) is 5. The minimum Gasteiger partial charge on any atom is -0.362 e. The number of rotatable bonds is 3. The molecule has 1 aliphatic rings. The Morgan fingerprint density at radius 3 is 2.76 bits per heavy atom. The molecule has 1 aromatic heterocycles. The molecule has 1 N–H and O–H groups in total. The van der Waals surface area contributed by atoms with Gasteiger partial charge in [-0.25, -0.2) is 0 Å². The Balaban J connectivity index is 2.13. The first-order chi connectivity index (χ1) is 9.87. The van der Waals surface area contributed by atoms with Crippen LogP contribution in [0.4, 0.5) is 0 Å². The Labute approximate surface area is 123 Å². The van der Waals surface area contributed by atoms with Crippen molar-refractivity contribution in [3.63, 3.8) is 0 Å². The predicted octanol–water partition coefficient (Wildman–Crippen LogP) is 0.775. The van der Waals surface area contributed by atoms with E-state index in [9.17, 15) is 9.59 Å². The van der Waals surface area contributed by atoms with E-state index in [1.807, 2.05) is 13.8 Å². The summed E-state index contributed by atoms with van der Waals surface area (Å²) in [5, 5.41) is 6.44. The maximum atomic E-state index is 12.4. The zero-order valence-corrected chi connectivity index (χ0v) is 12.8. The van der Waals surface area contributed by atoms with Gasteiger partial charge in [0.05, 0.1) is 18.8 Å². The van der Waals surface area contributed by atoms with E-state index in [2.05, 4.69) is 10.5 Å². The number of ether oxygens (including phenoxy) is 1. The molecule has 1 atom stereocenters. The summed E-state index contributed by atoms with van der Waals surface area (Å²) in [4.78, 5) is 25.9. The highest BCUT2D eigenvalue weighted by molar-refractivity contribution is 5.93. The molecule has 1 saturated heterocycles. The van der Waals surface area contributed by atoms with E-state index in [0.29, 0.717) is 13.2 Å². The van der Waals surface area contributed by atoms with Gasteiger partial charge >= 0.3 is 0 Å². The summed E-state index contributed by atoms with van der Waals surface area (Å²) in [7, 11) is 1.54. The van der Waals surface area contributed by atoms with Gasteiger partial charge in [0.2, 0.25) is 5.76 Å². The van der Waals surface area contributed by atoms with Crippen molar-refractivity contribution in [2.45, 2.75) is 32.3 Å². The van der Waals surface area contributed by atoms with Crippen molar-refractivity contribution < 1.29 is 18.8 Å². The van der Waals surface area contributed by atoms with Crippen LogP contribution in [-0.4, -0.2) is 54.2 Å². The predicted molar refractivity (Wildman–Crippen MR) is 74.9 cm³/mol. The van der Waals surface area contributed by atoms with Gasteiger partial charge < -0.3 is 19.5 Å². The van der Waals surface area contributed by atoms with Crippen LogP contribution in [0.3, 0.4) is 0 Å². The topological polar surface area (TPSA) is 84.7 Å². The number of hydrogen-bond donors (Lipinski definition) is 1. The van der Waals surface area contributed by atoms with Crippen LogP contribution < -0.4 is 5.32 Å². The number of carbonyl (C=O) groups excluding carboxylic acids is 2. The molecule has 7 nitrogen and oxygen atoms in total. The van der Waals surface area contributed by atoms with Crippen LogP contribution in [0.1, 0.15) is 42.9 Å². The molecule has 1 fully saturated rings. The van der Waals surface area contributed by atoms with Crippen LogP contribution in [0.15, 0.2) is 10.6 Å². The largest absolute Gasteiger partial charge is 0.362 e. The molecule has 0 bridgehead atoms. The van der Waals surface area contributed by atoms with Crippen molar-refractivity contribution >= 4 is 11.8 Å². The molecule has 21 heavy (non-hydrogen) atoms. The highest BCUT2D eigenvalue weighted by Crippen LogP contribution is 2.21. The molecule has 0 spiro atoms. The van der Waals surface area contributed by atoms with Crippen LogP contribution in [0.25, 0.3) is 0 Å². The van der Waals surface area contributed by atoms with Crippen LogP contribution >= 0.6 is 0 Å². The summed E-state index contributed by atoms with van der Waals surface area (Å²) < 4.78 is 10.6. The molecule has 2 amide bonds. The van der Waals surface area contributed by atoms with Crippen LogP contribution in [0, 0.1) is 0 Å². The summed E-state index contributed by atoms with van der Waals surface area (Å²) in [5.41, 5.74) is -0.301. The smallest absolute Gasteiger partial charge is 0.292 e. The maximum Gasteiger partial charge on any atom is 0.292 e. The maximum absolute atomic E-state index is 12.4. The van der Waals surface area contributed by atoms with E-state index in [4.69, 9.17) is 9.26 Å². The summed E-state index contributed by atoms with van der Waals surface area (Å²) in [6.07, 6.45) is 0. The van der Waals surface area contributed by atoms with Gasteiger partial charge in [0.15, 0.2) is 5.60 Å². The van der Waals surface area contributed by atoms with Gasteiger partial charge in [0, 0.05) is 19.7 Å². The number of nitrogens with one attached hydrogen (secondary N) is 1. The second-order valence-electron chi connectivity index (χ2n) is 5.66. The van der Waals surface area contributed by atoms with Crippen LogP contribution in [-0.2, 0) is 9.53 Å². The Morgan fingerprint density at radius 1 is 1.48 bits per heavy atom. The van der Waals surface area contributed by atoms with Gasteiger partial charge in [-0.15, -0.1) is 0 Å². The van der Waals surface area contributed by atoms with E-state index in [1.165, 1.54) is 0 Å². The van der Waals surface area contributed by atoms with Gasteiger partial charge in [0.25, 0.3) is 11.8 Å². The lowest BCUT2D eigenvalue weighted by atomic mass is 10.0. The SMILES string of the molecule is CNC(=O)C1(C)CN(C(=O)c2cc(C(C)C)no2)CCO1. The van der Waals surface area contributed by atoms with E-state index in [1.54, 1.807) is 24.9 Å². The molecule has 116 valence electrons. The van der Waals surface area contributed by atoms with Crippen LogP contribution in [0.5, 0.6) is 0 Å². The number of amides is 2. The minimum absolute atomic E-state index is 0.184. The lowest BCUT2D eigenvalue weighted by Gasteiger charge is -2.38. The fourth-order valence-electron chi connectivity index (χ4n) is 2.26. The second kappa shape index (κ2) is 5.85. The number of likely N-dealkylation sites (N-methyl/N-ethyl adjacent to an activating group) is 1. The molecule has 1 aromatic rings. The molecule has 0 saturated carbocycles. The summed E-state index contributed by atoms with van der Waals surface area (Å²) in [6.45, 7) is 6.53. The number of aromatic nitrogens is 1. The first-order valence-electron chi connectivity index (χ1n) is 6.99. The molecule has 1 unspecified atom stereocenters. The fraction of sp³-hybridized carbons (Fsp3) is 0.643. The zero-order valence-electron chi connectivity index (χ0n) is 12.8. The fourth-order valence-corrected chi connectivity index (χ4v) is 2.26. The Hall–Kier alpha value is -1.89. The van der Waals surface area contributed by atoms with E-state index in [0.717, 1.165) is 5.69 Å². The number of morpholine rings is 1. The van der Waals surface area contributed by atoms with Crippen molar-refractivity contribution in [2.75, 3.05) is 26.7 Å². The zero-order chi connectivity index (χ0) is 15.6. The van der Waals surface area contributed by atoms with Crippen molar-refractivity contribution in [3.05, 3.63) is 17.5 Å². The summed E-state index contributed by atoms with van der Waals surface area (Å²) in [5.74, 6) is -0.135. The molecule has 1 aliphatic heterocycles. The van der Waals surface area contributed by atoms with Crippen molar-refractivity contribution in [2.24, 2.45) is 0 Å². The lowest BCUT2D eigenvalue weighted by molar-refractivity contribution is -0.153. The van der Waals surface area contributed by atoms with E-state index >= 15 is 0 Å². The monoisotopic (exact) mass is 295 g/mol. The van der Waals surface area contributed by atoms with Crippen LogP contribution in [0.2, 0.25) is 0 Å². The van der Waals surface area contributed by atoms with Crippen molar-refractivity contribution in [3.8, 4) is 0 Å². The quantitative estimate of drug-likeness (QED) is 0.890. The Kier molecular flexibility index (Phi) is 4.32. The Bertz CT molecular complexity index is 540. The molecular weight excluding hydrogens is 274 g/mol. The molecule has 2 heterocycles. The van der Waals surface area contributed by atoms with Crippen molar-refractivity contribution in [1.82, 2.24) is 15.4 Å². The van der Waals surface area contributed by atoms with E-state index in [-0.39, 0.29) is 30.0 Å². The molecule has 0 aromatic carbocycles. The van der Waals surface area contributed by atoms with Gasteiger partial charge in [-0.05, 0) is 12.8 Å². The molecular formula is C14H21N3O4. The third kappa shape index (κ3) is 3.07. The summed E-state index contributed by atoms with van der Waals surface area (Å²) >= 11 is 0. The average Bonchev–Trinajstić information content (AvgIpc) is 2.95. The van der Waals surface area contributed by atoms with Crippen molar-refractivity contribution in [1.29, 1.82) is 0 Å². The highest BCUT2D eigenvalue weighted by Gasteiger charge is 2.41. The normalized spacial score (nSPS) is 22.4. The first kappa shape index (κ1) is 15.5. The third-order valence-corrected chi connectivity index (χ3v) is 3.60. The third-order valence-electron chi connectivity index (χ3n) is 3.60. The number of carbonyl (C=O) groups is 2. The Morgan fingerprint density at radius 2 is 2.19 bits per heavy atom. The highest BCUT2D eigenvalue weighted by atomic mass is 16.5. The summed E-state index contributed by atoms with van der Waals surface area (Å²) in [6, 6.07) is 1.65. The molecule has 2 rings (SSSR count). The molecule has 0 radical (unpaired) electrons. The van der Waals surface area contributed by atoms with Gasteiger partial charge in [-0.3, -0.25) is 9.59 Å². The first-order valence-corrected chi connectivity index (χ1v) is 6.99. The standard InChI is InChI=1S/C14H21N3O4/c1-9(2)10-7-11(21-16-10)12(18)17-5-6-20-14(3,8-17)13(19)15-4/h7,9H,5-6,8H2,1-4H3,(H,15,19).